The second kappa shape index (κ2) is 5.87. The first-order chi connectivity index (χ1) is 11.3. The first-order valence-corrected chi connectivity index (χ1v) is 9.34. The van der Waals surface area contributed by atoms with Gasteiger partial charge in [0.05, 0.1) is 11.5 Å². The third-order valence-electron chi connectivity index (χ3n) is 4.30. The summed E-state index contributed by atoms with van der Waals surface area (Å²) in [4.78, 5) is 16.3. The van der Waals surface area contributed by atoms with Crippen LogP contribution >= 0.6 is 0 Å². The molecule has 1 fully saturated rings. The molecule has 0 saturated carbocycles. The van der Waals surface area contributed by atoms with Crippen molar-refractivity contribution < 1.29 is 13.2 Å². The summed E-state index contributed by atoms with van der Waals surface area (Å²) in [7, 11) is -3.00. The highest BCUT2D eigenvalue weighted by atomic mass is 32.2. The Balaban J connectivity index is 1.86. The SMILES string of the molecule is Cc1cc(C(=O)Cn2cnc(C#N)n2)c(C)n1[C@@H]1CCS(=O)(=O)C1. The highest BCUT2D eigenvalue weighted by Gasteiger charge is 2.31. The Labute approximate surface area is 139 Å². The third kappa shape index (κ3) is 2.97. The van der Waals surface area contributed by atoms with Crippen LogP contribution in [-0.4, -0.2) is 45.0 Å². The van der Waals surface area contributed by atoms with Crippen molar-refractivity contribution in [3.8, 4) is 6.07 Å². The lowest BCUT2D eigenvalue weighted by molar-refractivity contribution is 0.0966. The van der Waals surface area contributed by atoms with Gasteiger partial charge in [-0.3, -0.25) is 4.79 Å². The fourth-order valence-electron chi connectivity index (χ4n) is 3.25. The van der Waals surface area contributed by atoms with E-state index in [0.717, 1.165) is 11.4 Å². The number of aromatic nitrogens is 4. The highest BCUT2D eigenvalue weighted by molar-refractivity contribution is 7.91. The van der Waals surface area contributed by atoms with Crippen LogP contribution in [0.4, 0.5) is 0 Å². The average Bonchev–Trinajstić information content (AvgIpc) is 3.17. The fraction of sp³-hybridized carbons (Fsp3) is 0.467. The molecule has 0 bridgehead atoms. The third-order valence-corrected chi connectivity index (χ3v) is 6.05. The van der Waals surface area contributed by atoms with Gasteiger partial charge >= 0.3 is 0 Å². The zero-order chi connectivity index (χ0) is 17.5. The smallest absolute Gasteiger partial charge is 0.252 e. The summed E-state index contributed by atoms with van der Waals surface area (Å²) < 4.78 is 26.7. The number of hydrogen-bond acceptors (Lipinski definition) is 6. The molecule has 0 radical (unpaired) electrons. The van der Waals surface area contributed by atoms with Crippen molar-refractivity contribution in [3.05, 3.63) is 35.2 Å². The molecular formula is C15H17N5O3S. The van der Waals surface area contributed by atoms with E-state index in [1.807, 2.05) is 24.5 Å². The van der Waals surface area contributed by atoms with Gasteiger partial charge in [-0.15, -0.1) is 5.10 Å². The summed E-state index contributed by atoms with van der Waals surface area (Å²) in [5.74, 6) is 0.175. The molecule has 0 N–H and O–H groups in total. The van der Waals surface area contributed by atoms with Crippen LogP contribution in [-0.2, 0) is 16.4 Å². The predicted molar refractivity (Wildman–Crippen MR) is 85.3 cm³/mol. The van der Waals surface area contributed by atoms with E-state index >= 15 is 0 Å². The Hall–Kier alpha value is -2.47. The van der Waals surface area contributed by atoms with Gasteiger partial charge < -0.3 is 4.57 Å². The summed E-state index contributed by atoms with van der Waals surface area (Å²) >= 11 is 0. The van der Waals surface area contributed by atoms with Crippen LogP contribution in [0.2, 0.25) is 0 Å². The van der Waals surface area contributed by atoms with E-state index in [4.69, 9.17) is 5.26 Å². The zero-order valence-electron chi connectivity index (χ0n) is 13.4. The van der Waals surface area contributed by atoms with E-state index in [1.165, 1.54) is 11.0 Å². The quantitative estimate of drug-likeness (QED) is 0.757. The first kappa shape index (κ1) is 16.4. The maximum absolute atomic E-state index is 12.5. The molecule has 0 amide bonds. The van der Waals surface area contributed by atoms with Gasteiger partial charge in [0.15, 0.2) is 15.6 Å². The number of nitrogens with zero attached hydrogens (tertiary/aromatic N) is 5. The van der Waals surface area contributed by atoms with E-state index < -0.39 is 9.84 Å². The molecule has 2 aromatic heterocycles. The molecule has 8 nitrogen and oxygen atoms in total. The van der Waals surface area contributed by atoms with Crippen molar-refractivity contribution in [1.29, 1.82) is 5.26 Å². The van der Waals surface area contributed by atoms with E-state index in [1.54, 1.807) is 6.07 Å². The van der Waals surface area contributed by atoms with Crippen LogP contribution < -0.4 is 0 Å². The largest absolute Gasteiger partial charge is 0.344 e. The molecule has 1 atom stereocenters. The molecule has 0 aliphatic carbocycles. The maximum Gasteiger partial charge on any atom is 0.252 e. The summed E-state index contributed by atoms with van der Waals surface area (Å²) in [5, 5.41) is 12.6. The van der Waals surface area contributed by atoms with Crippen molar-refractivity contribution in [2.24, 2.45) is 0 Å². The number of rotatable bonds is 4. The van der Waals surface area contributed by atoms with Crippen molar-refractivity contribution in [1.82, 2.24) is 19.3 Å². The van der Waals surface area contributed by atoms with Crippen molar-refractivity contribution in [2.45, 2.75) is 32.9 Å². The number of nitriles is 1. The number of aryl methyl sites for hydroxylation is 1. The van der Waals surface area contributed by atoms with Gasteiger partial charge in [0.1, 0.15) is 18.9 Å². The van der Waals surface area contributed by atoms with Crippen LogP contribution in [0, 0.1) is 25.2 Å². The van der Waals surface area contributed by atoms with Crippen LogP contribution in [0.5, 0.6) is 0 Å². The van der Waals surface area contributed by atoms with Gasteiger partial charge in [0.25, 0.3) is 5.82 Å². The topological polar surface area (TPSA) is 111 Å². The Morgan fingerprint density at radius 2 is 2.21 bits per heavy atom. The summed E-state index contributed by atoms with van der Waals surface area (Å²) in [6.45, 7) is 3.69. The summed E-state index contributed by atoms with van der Waals surface area (Å²) in [5.41, 5.74) is 2.18. The van der Waals surface area contributed by atoms with Crippen LogP contribution in [0.15, 0.2) is 12.4 Å². The fourth-order valence-corrected chi connectivity index (χ4v) is 4.95. The first-order valence-electron chi connectivity index (χ1n) is 7.52. The van der Waals surface area contributed by atoms with Gasteiger partial charge in [0.2, 0.25) is 0 Å². The molecule has 0 aromatic carbocycles. The van der Waals surface area contributed by atoms with Gasteiger partial charge in [-0.25, -0.2) is 18.1 Å². The number of hydrogen-bond donors (Lipinski definition) is 0. The lowest BCUT2D eigenvalue weighted by atomic mass is 10.1. The minimum atomic E-state index is -3.00. The molecule has 2 aromatic rings. The second-order valence-electron chi connectivity index (χ2n) is 6.01. The number of Topliss-reactive ketones (excluding diaryl/α,β-unsaturated/α-hetero) is 1. The number of carbonyl (C=O) groups is 1. The van der Waals surface area contributed by atoms with Crippen LogP contribution in [0.1, 0.15) is 40.0 Å². The number of carbonyl (C=O) groups excluding carboxylic acids is 1. The number of sulfone groups is 1. The van der Waals surface area contributed by atoms with Crippen molar-refractivity contribution in [2.75, 3.05) is 11.5 Å². The maximum atomic E-state index is 12.5. The van der Waals surface area contributed by atoms with Gasteiger partial charge in [-0.2, -0.15) is 5.26 Å². The minimum Gasteiger partial charge on any atom is -0.344 e. The normalized spacial score (nSPS) is 19.3. The summed E-state index contributed by atoms with van der Waals surface area (Å²) in [6.07, 6.45) is 1.92. The molecular weight excluding hydrogens is 330 g/mol. The predicted octanol–water partition coefficient (Wildman–Crippen LogP) is 0.811. The lowest BCUT2D eigenvalue weighted by Crippen LogP contribution is -2.16. The molecule has 3 rings (SSSR count). The van der Waals surface area contributed by atoms with Gasteiger partial charge in [0, 0.05) is 23.0 Å². The molecule has 126 valence electrons. The molecule has 3 heterocycles. The van der Waals surface area contributed by atoms with Crippen molar-refractivity contribution in [3.63, 3.8) is 0 Å². The number of ketones is 1. The summed E-state index contributed by atoms with van der Waals surface area (Å²) in [6, 6.07) is 3.48. The molecule has 0 unspecified atom stereocenters. The van der Waals surface area contributed by atoms with Crippen LogP contribution in [0.25, 0.3) is 0 Å². The van der Waals surface area contributed by atoms with Gasteiger partial charge in [-0.05, 0) is 26.3 Å². The molecule has 9 heteroatoms. The lowest BCUT2D eigenvalue weighted by Gasteiger charge is -2.16. The molecule has 1 saturated heterocycles. The monoisotopic (exact) mass is 347 g/mol. The highest BCUT2D eigenvalue weighted by Crippen LogP contribution is 2.29. The average molecular weight is 347 g/mol. The van der Waals surface area contributed by atoms with Crippen molar-refractivity contribution >= 4 is 15.6 Å². The van der Waals surface area contributed by atoms with E-state index in [-0.39, 0.29) is 35.7 Å². The van der Waals surface area contributed by atoms with Crippen LogP contribution in [0.3, 0.4) is 0 Å². The minimum absolute atomic E-state index is 0.0120. The Morgan fingerprint density at radius 3 is 2.79 bits per heavy atom. The van der Waals surface area contributed by atoms with E-state index in [2.05, 4.69) is 10.1 Å². The zero-order valence-corrected chi connectivity index (χ0v) is 14.2. The Bertz CT molecular complexity index is 948. The molecule has 24 heavy (non-hydrogen) atoms. The Kier molecular flexibility index (Phi) is 4.01. The standard InChI is InChI=1S/C15H17N5O3S/c1-10-5-13(14(21)7-19-9-17-15(6-16)18-19)11(2)20(10)12-3-4-24(22,23)8-12/h5,9,12H,3-4,7-8H2,1-2H3/t12-/m1/s1. The molecule has 0 spiro atoms. The second-order valence-corrected chi connectivity index (χ2v) is 8.24. The molecule has 1 aliphatic heterocycles. The molecule has 1 aliphatic rings. The van der Waals surface area contributed by atoms with E-state index in [0.29, 0.717) is 12.0 Å². The Morgan fingerprint density at radius 1 is 1.46 bits per heavy atom. The van der Waals surface area contributed by atoms with E-state index in [9.17, 15) is 13.2 Å². The van der Waals surface area contributed by atoms with Gasteiger partial charge in [-0.1, -0.05) is 0 Å².